The van der Waals surface area contributed by atoms with Crippen LogP contribution in [0.4, 0.5) is 0 Å². The highest BCUT2D eigenvalue weighted by atomic mass is 28.4. The maximum atomic E-state index is 7.12. The van der Waals surface area contributed by atoms with Crippen molar-refractivity contribution in [2.45, 2.75) is 83.3 Å². The summed E-state index contributed by atoms with van der Waals surface area (Å²) >= 11 is 0. The fourth-order valence-electron chi connectivity index (χ4n) is 5.65. The summed E-state index contributed by atoms with van der Waals surface area (Å²) in [6.45, 7) is 11.7. The van der Waals surface area contributed by atoms with Crippen molar-refractivity contribution in [3.63, 3.8) is 0 Å². The Balaban J connectivity index is 1.49. The summed E-state index contributed by atoms with van der Waals surface area (Å²) in [5, 5.41) is 2.61. The van der Waals surface area contributed by atoms with Crippen molar-refractivity contribution in [2.24, 2.45) is 0 Å². The largest absolute Gasteiger partial charge is 0.407 e. The number of rotatable bonds is 9. The normalized spacial score (nSPS) is 20.2. The molecule has 3 aromatic rings. The number of hydrogen-bond donors (Lipinski definition) is 0. The number of aryl methyl sites for hydroxylation is 1. The molecule has 3 aromatic carbocycles. The third-order valence-corrected chi connectivity index (χ3v) is 12.2. The lowest BCUT2D eigenvalue weighted by molar-refractivity contribution is -0.301. The molecular weight excluding hydrogens is 460 g/mol. The molecule has 1 fully saturated rings. The van der Waals surface area contributed by atoms with Crippen molar-refractivity contribution >= 4 is 18.7 Å². The minimum Gasteiger partial charge on any atom is -0.407 e. The van der Waals surface area contributed by atoms with Crippen LogP contribution in [0.25, 0.3) is 0 Å². The quantitative estimate of drug-likeness (QED) is 0.313. The minimum absolute atomic E-state index is 0.0241. The lowest BCUT2D eigenvalue weighted by atomic mass is 9.99. The van der Waals surface area contributed by atoms with Crippen molar-refractivity contribution in [3.8, 4) is 0 Å². The van der Waals surface area contributed by atoms with Crippen LogP contribution in [0.1, 0.15) is 59.4 Å². The van der Waals surface area contributed by atoms with Crippen LogP contribution in [0.3, 0.4) is 0 Å². The third kappa shape index (κ3) is 6.35. The zero-order valence-corrected chi connectivity index (χ0v) is 23.6. The SMILES string of the molecule is CC1(C)O[C@@H](CCO[Si](c2ccccc2)(c2ccccc2)C(C)(C)C)C[C@H](CCc2ccccc2)O1. The van der Waals surface area contributed by atoms with Crippen molar-refractivity contribution in [2.75, 3.05) is 6.61 Å². The number of hydrogen-bond acceptors (Lipinski definition) is 3. The summed E-state index contributed by atoms with van der Waals surface area (Å²) in [5.74, 6) is -0.582. The molecule has 0 spiro atoms. The fourth-order valence-corrected chi connectivity index (χ4v) is 10.2. The molecular formula is C32H42O3Si. The van der Waals surface area contributed by atoms with Gasteiger partial charge in [-0.05, 0) is 54.1 Å². The Morgan fingerprint density at radius 1 is 0.750 bits per heavy atom. The molecule has 3 nitrogen and oxygen atoms in total. The number of ether oxygens (including phenoxy) is 2. The third-order valence-electron chi connectivity index (χ3n) is 7.20. The number of benzene rings is 3. The van der Waals surface area contributed by atoms with Crippen molar-refractivity contribution < 1.29 is 13.9 Å². The smallest absolute Gasteiger partial charge is 0.261 e. The second kappa shape index (κ2) is 11.4. The van der Waals surface area contributed by atoms with Gasteiger partial charge in [0, 0.05) is 13.0 Å². The molecule has 4 heteroatoms. The highest BCUT2D eigenvalue weighted by molar-refractivity contribution is 6.99. The van der Waals surface area contributed by atoms with E-state index in [1.165, 1.54) is 15.9 Å². The first-order valence-electron chi connectivity index (χ1n) is 13.3. The maximum absolute atomic E-state index is 7.12. The van der Waals surface area contributed by atoms with E-state index in [4.69, 9.17) is 13.9 Å². The Labute approximate surface area is 218 Å². The first kappa shape index (κ1) is 26.8. The second-order valence-corrected chi connectivity index (χ2v) is 15.7. The van der Waals surface area contributed by atoms with E-state index in [2.05, 4.69) is 112 Å². The van der Waals surface area contributed by atoms with Crippen molar-refractivity contribution in [1.29, 1.82) is 0 Å². The summed E-state index contributed by atoms with van der Waals surface area (Å²) in [7, 11) is -2.53. The van der Waals surface area contributed by atoms with Crippen LogP contribution in [0.5, 0.6) is 0 Å². The summed E-state index contributed by atoms with van der Waals surface area (Å²) in [5.41, 5.74) is 1.36. The molecule has 4 rings (SSSR count). The van der Waals surface area contributed by atoms with Crippen LogP contribution >= 0.6 is 0 Å². The van der Waals surface area contributed by atoms with E-state index < -0.39 is 14.1 Å². The standard InChI is InChI=1S/C32H42O3Si/c1-31(2,3)36(29-17-11-7-12-18-29,30-19-13-8-14-20-30)33-24-23-28-25-27(34-32(4,5)35-28)22-21-26-15-9-6-10-16-26/h6-20,27-28H,21-25H2,1-5H3/t27-,28-/m0/s1. The van der Waals surface area contributed by atoms with Gasteiger partial charge in [0.2, 0.25) is 0 Å². The van der Waals surface area contributed by atoms with Crippen LogP contribution in [-0.2, 0) is 20.3 Å². The zero-order valence-electron chi connectivity index (χ0n) is 22.6. The molecule has 0 aliphatic carbocycles. The second-order valence-electron chi connectivity index (χ2n) is 11.4. The Hall–Kier alpha value is -2.24. The van der Waals surface area contributed by atoms with Gasteiger partial charge >= 0.3 is 0 Å². The molecule has 2 atom stereocenters. The Kier molecular flexibility index (Phi) is 8.51. The minimum atomic E-state index is -2.53. The topological polar surface area (TPSA) is 27.7 Å². The van der Waals surface area contributed by atoms with E-state index >= 15 is 0 Å². The molecule has 0 radical (unpaired) electrons. The van der Waals surface area contributed by atoms with Crippen LogP contribution in [0.2, 0.25) is 5.04 Å². The Morgan fingerprint density at radius 2 is 1.22 bits per heavy atom. The van der Waals surface area contributed by atoms with Crippen molar-refractivity contribution in [1.82, 2.24) is 0 Å². The van der Waals surface area contributed by atoms with Gasteiger partial charge in [-0.25, -0.2) is 0 Å². The Bertz CT molecular complexity index is 1020. The van der Waals surface area contributed by atoms with Crippen LogP contribution in [0.15, 0.2) is 91.0 Å². The van der Waals surface area contributed by atoms with E-state index in [9.17, 15) is 0 Å². The van der Waals surface area contributed by atoms with E-state index in [1.807, 2.05) is 13.8 Å². The first-order chi connectivity index (χ1) is 17.2. The highest BCUT2D eigenvalue weighted by Gasteiger charge is 2.50. The molecule has 1 aliphatic rings. The Morgan fingerprint density at radius 3 is 1.72 bits per heavy atom. The molecule has 1 aliphatic heterocycles. The molecule has 1 heterocycles. The molecule has 0 aromatic heterocycles. The molecule has 192 valence electrons. The van der Waals surface area contributed by atoms with Crippen LogP contribution < -0.4 is 10.4 Å². The molecule has 0 bridgehead atoms. The predicted octanol–water partition coefficient (Wildman–Crippen LogP) is 6.50. The van der Waals surface area contributed by atoms with Gasteiger partial charge in [-0.15, -0.1) is 0 Å². The summed E-state index contributed by atoms with van der Waals surface area (Å²) in [6.07, 6.45) is 4.09. The lowest BCUT2D eigenvalue weighted by Gasteiger charge is -2.44. The average molecular weight is 503 g/mol. The van der Waals surface area contributed by atoms with Gasteiger partial charge in [-0.2, -0.15) is 0 Å². The van der Waals surface area contributed by atoms with Gasteiger partial charge in [0.15, 0.2) is 5.79 Å². The monoisotopic (exact) mass is 502 g/mol. The van der Waals surface area contributed by atoms with E-state index in [-0.39, 0.29) is 17.2 Å². The summed E-state index contributed by atoms with van der Waals surface area (Å²) < 4.78 is 19.8. The molecule has 0 N–H and O–H groups in total. The van der Waals surface area contributed by atoms with Gasteiger partial charge in [-0.3, -0.25) is 0 Å². The van der Waals surface area contributed by atoms with Gasteiger partial charge in [-0.1, -0.05) is 112 Å². The lowest BCUT2D eigenvalue weighted by Crippen LogP contribution is -2.66. The molecule has 0 amide bonds. The molecule has 36 heavy (non-hydrogen) atoms. The predicted molar refractivity (Wildman–Crippen MR) is 151 cm³/mol. The van der Waals surface area contributed by atoms with Crippen LogP contribution in [-0.4, -0.2) is 32.9 Å². The fraction of sp³-hybridized carbons (Fsp3) is 0.438. The van der Waals surface area contributed by atoms with E-state index in [1.54, 1.807) is 0 Å². The van der Waals surface area contributed by atoms with E-state index in [0.717, 1.165) is 25.7 Å². The maximum Gasteiger partial charge on any atom is 0.261 e. The first-order valence-corrected chi connectivity index (χ1v) is 15.2. The molecule has 0 unspecified atom stereocenters. The van der Waals surface area contributed by atoms with Gasteiger partial charge in [0.25, 0.3) is 8.32 Å². The zero-order chi connectivity index (χ0) is 25.7. The molecule has 0 saturated carbocycles. The summed E-state index contributed by atoms with van der Waals surface area (Å²) in [6, 6.07) is 32.4. The van der Waals surface area contributed by atoms with E-state index in [0.29, 0.717) is 6.61 Å². The van der Waals surface area contributed by atoms with Gasteiger partial charge in [0.05, 0.1) is 12.2 Å². The average Bonchev–Trinajstić information content (AvgIpc) is 2.85. The van der Waals surface area contributed by atoms with Gasteiger partial charge < -0.3 is 13.9 Å². The highest BCUT2D eigenvalue weighted by Crippen LogP contribution is 2.37. The molecule has 1 saturated heterocycles. The summed E-state index contributed by atoms with van der Waals surface area (Å²) in [4.78, 5) is 0. The van der Waals surface area contributed by atoms with Crippen LogP contribution in [0, 0.1) is 0 Å². The van der Waals surface area contributed by atoms with Gasteiger partial charge in [0.1, 0.15) is 0 Å². The van der Waals surface area contributed by atoms with Crippen molar-refractivity contribution in [3.05, 3.63) is 96.6 Å².